The summed E-state index contributed by atoms with van der Waals surface area (Å²) >= 11 is 0. The third kappa shape index (κ3) is 3.13. The lowest BCUT2D eigenvalue weighted by atomic mass is 10.1. The Balaban J connectivity index is 1.42. The molecule has 0 spiro atoms. The van der Waals surface area contributed by atoms with Crippen molar-refractivity contribution in [3.05, 3.63) is 41.3 Å². The van der Waals surface area contributed by atoms with Crippen molar-refractivity contribution >= 4 is 15.7 Å². The van der Waals surface area contributed by atoms with E-state index in [-0.39, 0.29) is 5.03 Å². The topological polar surface area (TPSA) is 70.5 Å². The van der Waals surface area contributed by atoms with Gasteiger partial charge in [-0.25, -0.2) is 13.4 Å². The maximum atomic E-state index is 12.8. The van der Waals surface area contributed by atoms with Crippen LogP contribution < -0.4 is 5.32 Å². The molecule has 1 saturated heterocycles. The molecule has 0 saturated carbocycles. The number of imidazole rings is 1. The van der Waals surface area contributed by atoms with Gasteiger partial charge in [-0.15, -0.1) is 0 Å². The minimum atomic E-state index is -3.51. The fourth-order valence-electron chi connectivity index (χ4n) is 3.69. The number of nitrogens with one attached hydrogen (secondary N) is 1. The zero-order valence-electron chi connectivity index (χ0n) is 15.3. The molecule has 1 aromatic heterocycles. The number of aryl methyl sites for hydroxylation is 2. The Hall–Kier alpha value is -1.90. The van der Waals surface area contributed by atoms with Crippen LogP contribution in [0, 0.1) is 6.92 Å². The zero-order valence-corrected chi connectivity index (χ0v) is 16.1. The first-order valence-electron chi connectivity index (χ1n) is 9.02. The van der Waals surface area contributed by atoms with Crippen LogP contribution in [0.1, 0.15) is 17.0 Å². The Bertz CT molecular complexity index is 894. The number of aromatic nitrogens is 2. The predicted molar refractivity (Wildman–Crippen MR) is 101 cm³/mol. The second-order valence-electron chi connectivity index (χ2n) is 7.05. The summed E-state index contributed by atoms with van der Waals surface area (Å²) < 4.78 is 28.9. The number of anilines is 1. The van der Waals surface area contributed by atoms with Gasteiger partial charge in [0.1, 0.15) is 5.82 Å². The second-order valence-corrected chi connectivity index (χ2v) is 8.93. The minimum Gasteiger partial charge on any atom is -0.384 e. The molecule has 3 heterocycles. The lowest BCUT2D eigenvalue weighted by Gasteiger charge is -2.33. The van der Waals surface area contributed by atoms with Crippen LogP contribution in [-0.4, -0.2) is 59.9 Å². The minimum absolute atomic E-state index is 0.149. The van der Waals surface area contributed by atoms with Gasteiger partial charge in [0.15, 0.2) is 5.03 Å². The van der Waals surface area contributed by atoms with Gasteiger partial charge in [-0.1, -0.05) is 18.2 Å². The van der Waals surface area contributed by atoms with Gasteiger partial charge in [0.05, 0.1) is 0 Å². The highest BCUT2D eigenvalue weighted by Crippen LogP contribution is 2.28. The molecular weight excluding hydrogens is 350 g/mol. The monoisotopic (exact) mass is 375 g/mol. The van der Waals surface area contributed by atoms with Crippen molar-refractivity contribution < 1.29 is 8.42 Å². The molecule has 1 aromatic carbocycles. The average molecular weight is 375 g/mol. The van der Waals surface area contributed by atoms with Crippen molar-refractivity contribution in [2.24, 2.45) is 7.05 Å². The van der Waals surface area contributed by atoms with Crippen LogP contribution >= 0.6 is 0 Å². The largest absolute Gasteiger partial charge is 0.384 e. The summed E-state index contributed by atoms with van der Waals surface area (Å²) in [6.07, 6.45) is 2.68. The lowest BCUT2D eigenvalue weighted by molar-refractivity contribution is 0.181. The molecule has 1 N–H and O–H groups in total. The van der Waals surface area contributed by atoms with Crippen LogP contribution in [0.3, 0.4) is 0 Å². The van der Waals surface area contributed by atoms with Gasteiger partial charge >= 0.3 is 0 Å². The Morgan fingerprint density at radius 3 is 2.65 bits per heavy atom. The molecular formula is C18H25N5O2S. The smallest absolute Gasteiger partial charge is 0.262 e. The third-order valence-corrected chi connectivity index (χ3v) is 7.12. The molecule has 1 fully saturated rings. The van der Waals surface area contributed by atoms with E-state index in [4.69, 9.17) is 0 Å². The van der Waals surface area contributed by atoms with E-state index in [1.165, 1.54) is 16.8 Å². The predicted octanol–water partition coefficient (Wildman–Crippen LogP) is 1.20. The van der Waals surface area contributed by atoms with E-state index in [1.807, 2.05) is 14.0 Å². The fraction of sp³-hybridized carbons (Fsp3) is 0.500. The fourth-order valence-corrected chi connectivity index (χ4v) is 5.14. The summed E-state index contributed by atoms with van der Waals surface area (Å²) in [6.45, 7) is 6.13. The van der Waals surface area contributed by atoms with E-state index < -0.39 is 10.0 Å². The van der Waals surface area contributed by atoms with Gasteiger partial charge < -0.3 is 9.88 Å². The molecule has 0 bridgehead atoms. The molecule has 26 heavy (non-hydrogen) atoms. The highest BCUT2D eigenvalue weighted by atomic mass is 32.2. The molecule has 0 radical (unpaired) electrons. The van der Waals surface area contributed by atoms with Gasteiger partial charge in [0.25, 0.3) is 10.0 Å². The first kappa shape index (κ1) is 17.5. The maximum absolute atomic E-state index is 12.8. The molecule has 2 aromatic rings. The first-order chi connectivity index (χ1) is 12.4. The summed E-state index contributed by atoms with van der Waals surface area (Å²) in [6, 6.07) is 6.46. The van der Waals surface area contributed by atoms with Gasteiger partial charge in [-0.2, -0.15) is 4.31 Å². The Kier molecular flexibility index (Phi) is 4.50. The van der Waals surface area contributed by atoms with Crippen molar-refractivity contribution in [2.45, 2.75) is 24.9 Å². The second kappa shape index (κ2) is 6.68. The van der Waals surface area contributed by atoms with Gasteiger partial charge in [0.2, 0.25) is 0 Å². The van der Waals surface area contributed by atoms with E-state index >= 15 is 0 Å². The van der Waals surface area contributed by atoms with E-state index in [9.17, 15) is 8.42 Å². The van der Waals surface area contributed by atoms with Crippen LogP contribution in [0.15, 0.2) is 29.4 Å². The van der Waals surface area contributed by atoms with Crippen LogP contribution in [-0.2, 0) is 30.0 Å². The molecule has 2 aliphatic heterocycles. The van der Waals surface area contributed by atoms with E-state index in [1.54, 1.807) is 15.1 Å². The molecule has 2 aliphatic rings. The van der Waals surface area contributed by atoms with Crippen molar-refractivity contribution in [3.63, 3.8) is 0 Å². The van der Waals surface area contributed by atoms with Crippen LogP contribution in [0.25, 0.3) is 0 Å². The Morgan fingerprint density at radius 1 is 1.19 bits per heavy atom. The van der Waals surface area contributed by atoms with Crippen molar-refractivity contribution in [1.29, 1.82) is 0 Å². The first-order valence-corrected chi connectivity index (χ1v) is 10.5. The van der Waals surface area contributed by atoms with Gasteiger partial charge in [0, 0.05) is 58.2 Å². The maximum Gasteiger partial charge on any atom is 0.262 e. The number of sulfonamides is 1. The number of hydrogen-bond acceptors (Lipinski definition) is 5. The number of nitrogens with zero attached hydrogens (tertiary/aromatic N) is 4. The standard InChI is InChI=1S/C18H25N5O2S/c1-14-20-17(13-21(14)2)26(24,25)23-10-8-22(9-11-23)12-16-5-3-4-15-6-7-19-18(15)16/h3-5,13,19H,6-12H2,1-2H3. The summed E-state index contributed by atoms with van der Waals surface area (Å²) in [4.78, 5) is 6.52. The normalized spacial score (nSPS) is 18.7. The number of para-hydroxylation sites is 1. The Morgan fingerprint density at radius 2 is 1.96 bits per heavy atom. The summed E-state index contributed by atoms with van der Waals surface area (Å²) in [7, 11) is -1.70. The highest BCUT2D eigenvalue weighted by Gasteiger charge is 2.31. The van der Waals surface area contributed by atoms with Crippen molar-refractivity contribution in [1.82, 2.24) is 18.8 Å². The quantitative estimate of drug-likeness (QED) is 0.870. The van der Waals surface area contributed by atoms with Crippen LogP contribution in [0.5, 0.6) is 0 Å². The number of piperazine rings is 1. The lowest BCUT2D eigenvalue weighted by Crippen LogP contribution is -2.48. The molecule has 8 heteroatoms. The number of rotatable bonds is 4. The van der Waals surface area contributed by atoms with Gasteiger partial charge in [-0.05, 0) is 24.5 Å². The molecule has 0 aliphatic carbocycles. The Labute approximate surface area is 154 Å². The molecule has 4 rings (SSSR count). The van der Waals surface area contributed by atoms with Gasteiger partial charge in [-0.3, -0.25) is 4.90 Å². The van der Waals surface area contributed by atoms with Crippen LogP contribution in [0.2, 0.25) is 0 Å². The van der Waals surface area contributed by atoms with Crippen LogP contribution in [0.4, 0.5) is 5.69 Å². The van der Waals surface area contributed by atoms with E-state index in [0.29, 0.717) is 18.9 Å². The molecule has 0 amide bonds. The molecule has 140 valence electrons. The van der Waals surface area contributed by atoms with E-state index in [0.717, 1.165) is 32.6 Å². The van der Waals surface area contributed by atoms with Crippen molar-refractivity contribution in [2.75, 3.05) is 38.0 Å². The summed E-state index contributed by atoms with van der Waals surface area (Å²) in [5, 5.41) is 3.63. The number of hydrogen-bond donors (Lipinski definition) is 1. The molecule has 0 atom stereocenters. The molecule has 0 unspecified atom stereocenters. The average Bonchev–Trinajstić information content (AvgIpc) is 3.23. The third-order valence-electron chi connectivity index (χ3n) is 5.35. The van der Waals surface area contributed by atoms with Crippen molar-refractivity contribution in [3.8, 4) is 0 Å². The zero-order chi connectivity index (χ0) is 18.3. The SMILES string of the molecule is Cc1nc(S(=O)(=O)N2CCN(Cc3cccc4c3NCC4)CC2)cn1C. The number of fused-ring (bicyclic) bond motifs is 1. The number of benzene rings is 1. The summed E-state index contributed by atoms with van der Waals surface area (Å²) in [5.41, 5.74) is 3.96. The van der Waals surface area contributed by atoms with E-state index in [2.05, 4.69) is 33.4 Å². The summed E-state index contributed by atoms with van der Waals surface area (Å²) in [5.74, 6) is 0.702. The highest BCUT2D eigenvalue weighted by molar-refractivity contribution is 7.89. The molecule has 7 nitrogen and oxygen atoms in total.